The maximum absolute atomic E-state index is 3.90. The van der Waals surface area contributed by atoms with Crippen LogP contribution >= 0.6 is 13.6 Å². The molecule has 0 unspecified atom stereocenters. The van der Waals surface area contributed by atoms with Gasteiger partial charge in [-0.15, -0.1) is 0 Å². The SMILES string of the molecule is [CH2-]CCN1CCN(c2ccccc2)CC1.[Zn+][Br]. The molecule has 0 spiro atoms. The molecule has 4 heteroatoms. The quantitative estimate of drug-likeness (QED) is 0.612. The summed E-state index contributed by atoms with van der Waals surface area (Å²) in [7, 11) is 0. The van der Waals surface area contributed by atoms with Crippen LogP contribution in [0, 0.1) is 6.92 Å². The van der Waals surface area contributed by atoms with E-state index in [0.29, 0.717) is 0 Å². The molecule has 2 nitrogen and oxygen atoms in total. The number of benzene rings is 1. The van der Waals surface area contributed by atoms with Gasteiger partial charge in [0.05, 0.1) is 0 Å². The topological polar surface area (TPSA) is 6.48 Å². The van der Waals surface area contributed by atoms with Gasteiger partial charge in [-0.1, -0.05) is 18.2 Å². The molecule has 2 rings (SSSR count). The van der Waals surface area contributed by atoms with E-state index in [4.69, 9.17) is 0 Å². The van der Waals surface area contributed by atoms with E-state index in [1.54, 1.807) is 0 Å². The fourth-order valence-electron chi connectivity index (χ4n) is 2.09. The summed E-state index contributed by atoms with van der Waals surface area (Å²) in [4.78, 5) is 4.95. The maximum atomic E-state index is 3.90. The number of rotatable bonds is 3. The van der Waals surface area contributed by atoms with Gasteiger partial charge in [0.1, 0.15) is 0 Å². The molecular weight excluding hydrogens is 329 g/mol. The Bertz CT molecular complexity index is 287. The third-order valence-electron chi connectivity index (χ3n) is 2.97. The third kappa shape index (κ3) is 5.07. The van der Waals surface area contributed by atoms with Crippen molar-refractivity contribution < 1.29 is 16.3 Å². The molecular formula is C13H19BrN2Zn. The molecule has 0 amide bonds. The van der Waals surface area contributed by atoms with Crippen LogP contribution in [0.4, 0.5) is 5.69 Å². The molecule has 90 valence electrons. The van der Waals surface area contributed by atoms with E-state index >= 15 is 0 Å². The molecule has 0 aromatic heterocycles. The zero-order valence-electron chi connectivity index (χ0n) is 10.3. The Hall–Kier alpha value is 0.0834. The van der Waals surface area contributed by atoms with Crippen LogP contribution in [0.25, 0.3) is 0 Å². The van der Waals surface area contributed by atoms with Gasteiger partial charge in [0.2, 0.25) is 0 Å². The molecule has 1 heterocycles. The number of halogens is 1. The average Bonchev–Trinajstić information content (AvgIpc) is 2.43. The van der Waals surface area contributed by atoms with Crippen molar-refractivity contribution in [2.75, 3.05) is 37.6 Å². The van der Waals surface area contributed by atoms with E-state index in [2.05, 4.69) is 60.7 Å². The Morgan fingerprint density at radius 1 is 1.06 bits per heavy atom. The average molecular weight is 349 g/mol. The third-order valence-corrected chi connectivity index (χ3v) is 2.97. The number of para-hydroxylation sites is 1. The Balaban J connectivity index is 0.000000686. The standard InChI is InChI=1S/C13H19N2.BrH.Zn/c1-2-8-14-9-11-15(12-10-14)13-6-4-3-5-7-13;;/h3-7H,1-2,8-12H2;1H;/q-1;;+2/p-1. The fourth-order valence-corrected chi connectivity index (χ4v) is 2.09. The fraction of sp³-hybridized carbons (Fsp3) is 0.462. The molecule has 1 aliphatic heterocycles. The monoisotopic (exact) mass is 346 g/mol. The molecule has 1 aromatic carbocycles. The van der Waals surface area contributed by atoms with Crippen molar-refractivity contribution in [1.82, 2.24) is 4.90 Å². The molecule has 17 heavy (non-hydrogen) atoms. The second kappa shape index (κ2) is 9.07. The first-order valence-electron chi connectivity index (χ1n) is 5.98. The number of anilines is 1. The van der Waals surface area contributed by atoms with Crippen LogP contribution in [0.15, 0.2) is 30.3 Å². The normalized spacial score (nSPS) is 16.4. The minimum atomic E-state index is 1.02. The summed E-state index contributed by atoms with van der Waals surface area (Å²) in [5.74, 6) is 0. The summed E-state index contributed by atoms with van der Waals surface area (Å²) in [6.45, 7) is 9.67. The van der Waals surface area contributed by atoms with E-state index in [9.17, 15) is 0 Å². The van der Waals surface area contributed by atoms with Crippen LogP contribution in [0.1, 0.15) is 6.42 Å². The molecule has 0 N–H and O–H groups in total. The van der Waals surface area contributed by atoms with Gasteiger partial charge < -0.3 is 16.7 Å². The Morgan fingerprint density at radius 3 is 2.18 bits per heavy atom. The van der Waals surface area contributed by atoms with Crippen LogP contribution in [0.2, 0.25) is 0 Å². The summed E-state index contributed by atoms with van der Waals surface area (Å²) in [5.41, 5.74) is 1.35. The van der Waals surface area contributed by atoms with Crippen LogP contribution in [0.5, 0.6) is 0 Å². The van der Waals surface area contributed by atoms with Gasteiger partial charge >= 0.3 is 30.0 Å². The zero-order chi connectivity index (χ0) is 12.5. The van der Waals surface area contributed by atoms with E-state index in [1.165, 1.54) is 35.1 Å². The second-order valence-electron chi connectivity index (χ2n) is 4.02. The van der Waals surface area contributed by atoms with Gasteiger partial charge in [-0.25, -0.2) is 0 Å². The van der Waals surface area contributed by atoms with Gasteiger partial charge in [0, 0.05) is 31.9 Å². The number of hydrogen-bond acceptors (Lipinski definition) is 2. The Labute approximate surface area is 121 Å². The summed E-state index contributed by atoms with van der Waals surface area (Å²) in [5, 5.41) is 0. The van der Waals surface area contributed by atoms with Crippen molar-refractivity contribution in [3.63, 3.8) is 0 Å². The zero-order valence-corrected chi connectivity index (χ0v) is 14.9. The van der Waals surface area contributed by atoms with E-state index < -0.39 is 0 Å². The van der Waals surface area contributed by atoms with Gasteiger partial charge in [-0.05, 0) is 18.7 Å². The summed E-state index contributed by atoms with van der Waals surface area (Å²) in [6, 6.07) is 10.7. The molecule has 1 aliphatic rings. The number of piperazine rings is 1. The summed E-state index contributed by atoms with van der Waals surface area (Å²) >= 11 is 4.25. The Morgan fingerprint density at radius 2 is 1.65 bits per heavy atom. The van der Waals surface area contributed by atoms with Crippen molar-refractivity contribution in [3.8, 4) is 0 Å². The molecule has 1 aromatic rings. The van der Waals surface area contributed by atoms with Crippen LogP contribution in [0.3, 0.4) is 0 Å². The van der Waals surface area contributed by atoms with Crippen molar-refractivity contribution in [1.29, 1.82) is 0 Å². The first kappa shape index (κ1) is 15.1. The second-order valence-corrected chi connectivity index (χ2v) is 4.02. The predicted molar refractivity (Wildman–Crippen MR) is 74.0 cm³/mol. The molecule has 1 fully saturated rings. The molecule has 0 aliphatic carbocycles. The summed E-state index contributed by atoms with van der Waals surface area (Å²) < 4.78 is 0. The first-order chi connectivity index (χ1) is 8.40. The number of hydrogen-bond donors (Lipinski definition) is 0. The van der Waals surface area contributed by atoms with Gasteiger partial charge in [-0.2, -0.15) is 6.42 Å². The van der Waals surface area contributed by atoms with Crippen molar-refractivity contribution in [2.24, 2.45) is 0 Å². The van der Waals surface area contributed by atoms with E-state index in [-0.39, 0.29) is 0 Å². The van der Waals surface area contributed by atoms with Crippen LogP contribution in [-0.2, 0) is 16.3 Å². The van der Waals surface area contributed by atoms with Crippen LogP contribution < -0.4 is 4.90 Å². The molecule has 1 saturated heterocycles. The first-order valence-corrected chi connectivity index (χ1v) is 12.9. The minimum absolute atomic E-state index is 1.02. The predicted octanol–water partition coefficient (Wildman–Crippen LogP) is 2.88. The Kier molecular flexibility index (Phi) is 8.08. The van der Waals surface area contributed by atoms with Crippen LogP contribution in [-0.4, -0.2) is 37.6 Å². The molecule has 0 atom stereocenters. The van der Waals surface area contributed by atoms with Crippen molar-refractivity contribution >= 4 is 19.3 Å². The van der Waals surface area contributed by atoms with E-state index in [1.807, 2.05) is 0 Å². The van der Waals surface area contributed by atoms with Gasteiger partial charge in [0.25, 0.3) is 0 Å². The molecule has 0 saturated carbocycles. The van der Waals surface area contributed by atoms with Gasteiger partial charge in [0.15, 0.2) is 0 Å². The van der Waals surface area contributed by atoms with Crippen molar-refractivity contribution in [3.05, 3.63) is 37.3 Å². The van der Waals surface area contributed by atoms with E-state index in [0.717, 1.165) is 26.1 Å². The number of nitrogens with zero attached hydrogens (tertiary/aromatic N) is 2. The van der Waals surface area contributed by atoms with Crippen molar-refractivity contribution in [2.45, 2.75) is 6.42 Å². The van der Waals surface area contributed by atoms with Gasteiger partial charge in [-0.3, -0.25) is 0 Å². The molecule has 0 radical (unpaired) electrons. The molecule has 0 bridgehead atoms. The summed E-state index contributed by atoms with van der Waals surface area (Å²) in [6.07, 6.45) is 1.02.